The van der Waals surface area contributed by atoms with E-state index in [1.54, 1.807) is 38.1 Å². The van der Waals surface area contributed by atoms with E-state index in [0.29, 0.717) is 17.3 Å². The van der Waals surface area contributed by atoms with E-state index in [-0.39, 0.29) is 17.9 Å². The van der Waals surface area contributed by atoms with Crippen molar-refractivity contribution in [1.29, 1.82) is 0 Å². The smallest absolute Gasteiger partial charge is 0.263 e. The van der Waals surface area contributed by atoms with Crippen molar-refractivity contribution in [3.63, 3.8) is 0 Å². The van der Waals surface area contributed by atoms with Gasteiger partial charge in [-0.2, -0.15) is 0 Å². The van der Waals surface area contributed by atoms with Crippen molar-refractivity contribution in [1.82, 2.24) is 5.32 Å². The number of amides is 1. The number of aliphatic hydroxyl groups is 1. The number of halogens is 1. The van der Waals surface area contributed by atoms with Crippen molar-refractivity contribution in [3.8, 4) is 5.75 Å². The fourth-order valence-electron chi connectivity index (χ4n) is 1.93. The number of carbonyl (C=O) groups is 1. The Bertz CT molecular complexity index is 500. The van der Waals surface area contributed by atoms with E-state index in [2.05, 4.69) is 5.32 Å². The lowest BCUT2D eigenvalue weighted by Crippen LogP contribution is -2.46. The van der Waals surface area contributed by atoms with Gasteiger partial charge in [-0.05, 0) is 50.3 Å². The van der Waals surface area contributed by atoms with Crippen LogP contribution in [-0.4, -0.2) is 29.8 Å². The molecule has 0 saturated carbocycles. The first-order valence-corrected chi connectivity index (χ1v) is 7.88. The minimum absolute atomic E-state index is 0.114. The molecule has 2 N–H and O–H groups in total. The zero-order valence-corrected chi connectivity index (χ0v) is 14.5. The molecule has 0 aliphatic heterocycles. The summed E-state index contributed by atoms with van der Waals surface area (Å²) in [6, 6.07) is 6.98. The van der Waals surface area contributed by atoms with E-state index >= 15 is 0 Å². The Morgan fingerprint density at radius 3 is 2.59 bits per heavy atom. The molecule has 124 valence electrons. The van der Waals surface area contributed by atoms with Crippen LogP contribution in [0.4, 0.5) is 0 Å². The van der Waals surface area contributed by atoms with Gasteiger partial charge >= 0.3 is 0 Å². The summed E-state index contributed by atoms with van der Waals surface area (Å²) in [7, 11) is 0. The molecule has 0 radical (unpaired) electrons. The number of ether oxygens (including phenoxy) is 1. The summed E-state index contributed by atoms with van der Waals surface area (Å²) < 4.78 is 5.73. The minimum Gasteiger partial charge on any atom is -0.478 e. The molecule has 4 nitrogen and oxygen atoms in total. The van der Waals surface area contributed by atoms with Crippen molar-refractivity contribution in [3.05, 3.63) is 29.3 Å². The molecule has 0 spiro atoms. The fourth-order valence-corrected chi connectivity index (χ4v) is 2.11. The van der Waals surface area contributed by atoms with Crippen molar-refractivity contribution >= 4 is 17.5 Å². The molecule has 0 aliphatic carbocycles. The number of hydrogen-bond acceptors (Lipinski definition) is 3. The van der Waals surface area contributed by atoms with Crippen LogP contribution in [0.25, 0.3) is 0 Å². The summed E-state index contributed by atoms with van der Waals surface area (Å²) in [5.41, 5.74) is -1.09. The van der Waals surface area contributed by atoms with Gasteiger partial charge in [-0.25, -0.2) is 0 Å². The topological polar surface area (TPSA) is 58.6 Å². The first kappa shape index (κ1) is 18.8. The van der Waals surface area contributed by atoms with Crippen molar-refractivity contribution in [2.45, 2.75) is 46.1 Å². The number of hydrogen-bond donors (Lipinski definition) is 2. The average molecular weight is 328 g/mol. The molecule has 5 heteroatoms. The monoisotopic (exact) mass is 327 g/mol. The van der Waals surface area contributed by atoms with Gasteiger partial charge < -0.3 is 15.2 Å². The Morgan fingerprint density at radius 1 is 1.32 bits per heavy atom. The van der Waals surface area contributed by atoms with Gasteiger partial charge in [0.25, 0.3) is 5.91 Å². The Morgan fingerprint density at radius 2 is 2.00 bits per heavy atom. The van der Waals surface area contributed by atoms with Gasteiger partial charge in [0.05, 0.1) is 0 Å². The highest BCUT2D eigenvalue weighted by molar-refractivity contribution is 6.30. The van der Waals surface area contributed by atoms with Gasteiger partial charge in [0.2, 0.25) is 0 Å². The molecule has 0 aromatic heterocycles. The molecule has 0 unspecified atom stereocenters. The van der Waals surface area contributed by atoms with E-state index in [1.165, 1.54) is 0 Å². The van der Waals surface area contributed by atoms with Gasteiger partial charge in [0.15, 0.2) is 5.60 Å². The Kier molecular flexibility index (Phi) is 6.69. The SMILES string of the molecule is CC(C)(CO)CCCNC(=O)C(C)(C)Oc1cccc(Cl)c1. The van der Waals surface area contributed by atoms with Crippen LogP contribution in [0.1, 0.15) is 40.5 Å². The quantitative estimate of drug-likeness (QED) is 0.719. The van der Waals surface area contributed by atoms with Crippen molar-refractivity contribution in [2.75, 3.05) is 13.2 Å². The number of aliphatic hydroxyl groups excluding tert-OH is 1. The summed E-state index contributed by atoms with van der Waals surface area (Å²) in [4.78, 5) is 12.2. The molecular weight excluding hydrogens is 302 g/mol. The molecule has 0 fully saturated rings. The first-order chi connectivity index (χ1) is 10.2. The molecule has 0 bridgehead atoms. The highest BCUT2D eigenvalue weighted by Gasteiger charge is 2.29. The maximum atomic E-state index is 12.2. The van der Waals surface area contributed by atoms with Crippen molar-refractivity contribution < 1.29 is 14.6 Å². The van der Waals surface area contributed by atoms with Crippen molar-refractivity contribution in [2.24, 2.45) is 5.41 Å². The Labute approximate surface area is 137 Å². The number of rotatable bonds is 8. The number of carbonyl (C=O) groups excluding carboxylic acids is 1. The molecule has 1 aromatic carbocycles. The molecule has 0 atom stereocenters. The number of nitrogens with one attached hydrogen (secondary N) is 1. The second-order valence-corrected chi connectivity index (χ2v) is 7.19. The average Bonchev–Trinajstić information content (AvgIpc) is 2.43. The van der Waals surface area contributed by atoms with Gasteiger partial charge in [-0.3, -0.25) is 4.79 Å². The van der Waals surface area contributed by atoms with Crippen LogP contribution in [0.2, 0.25) is 5.02 Å². The predicted octanol–water partition coefficient (Wildman–Crippen LogP) is 3.41. The highest BCUT2D eigenvalue weighted by atomic mass is 35.5. The maximum Gasteiger partial charge on any atom is 0.263 e. The van der Waals surface area contributed by atoms with E-state index < -0.39 is 5.60 Å². The summed E-state index contributed by atoms with van der Waals surface area (Å²) >= 11 is 5.91. The fraction of sp³-hybridized carbons (Fsp3) is 0.588. The lowest BCUT2D eigenvalue weighted by atomic mass is 9.89. The second kappa shape index (κ2) is 7.84. The van der Waals surface area contributed by atoms with E-state index in [9.17, 15) is 9.90 Å². The number of benzene rings is 1. The minimum atomic E-state index is -0.975. The zero-order chi connectivity index (χ0) is 16.8. The largest absolute Gasteiger partial charge is 0.478 e. The summed E-state index contributed by atoms with van der Waals surface area (Å²) in [5.74, 6) is 0.392. The molecular formula is C17H26ClNO3. The molecule has 22 heavy (non-hydrogen) atoms. The third-order valence-electron chi connectivity index (χ3n) is 3.46. The summed E-state index contributed by atoms with van der Waals surface area (Å²) in [6.07, 6.45) is 1.66. The van der Waals surface area contributed by atoms with E-state index in [4.69, 9.17) is 16.3 Å². The molecule has 0 aliphatic rings. The van der Waals surface area contributed by atoms with Gasteiger partial charge in [-0.1, -0.05) is 31.5 Å². The van der Waals surface area contributed by atoms with Crippen LogP contribution in [0.3, 0.4) is 0 Å². The third kappa shape index (κ3) is 6.24. The van der Waals surface area contributed by atoms with E-state index in [0.717, 1.165) is 12.8 Å². The summed E-state index contributed by atoms with van der Waals surface area (Å²) in [5, 5.41) is 12.6. The highest BCUT2D eigenvalue weighted by Crippen LogP contribution is 2.23. The predicted molar refractivity (Wildman–Crippen MR) is 89.3 cm³/mol. The van der Waals surface area contributed by atoms with Gasteiger partial charge in [0, 0.05) is 18.2 Å². The molecule has 0 heterocycles. The molecule has 1 amide bonds. The second-order valence-electron chi connectivity index (χ2n) is 6.75. The molecule has 1 aromatic rings. The lowest BCUT2D eigenvalue weighted by molar-refractivity contribution is -0.134. The normalized spacial score (nSPS) is 12.1. The molecule has 1 rings (SSSR count). The van der Waals surface area contributed by atoms with E-state index in [1.807, 2.05) is 13.8 Å². The van der Waals surface area contributed by atoms with Crippen LogP contribution in [0.5, 0.6) is 5.75 Å². The van der Waals surface area contributed by atoms with Crippen LogP contribution in [0.15, 0.2) is 24.3 Å². The Balaban J connectivity index is 2.46. The van der Waals surface area contributed by atoms with Crippen LogP contribution < -0.4 is 10.1 Å². The van der Waals surface area contributed by atoms with Crippen LogP contribution >= 0.6 is 11.6 Å². The van der Waals surface area contributed by atoms with Crippen LogP contribution in [0, 0.1) is 5.41 Å². The Hall–Kier alpha value is -1.26. The third-order valence-corrected chi connectivity index (χ3v) is 3.69. The zero-order valence-electron chi connectivity index (χ0n) is 13.8. The first-order valence-electron chi connectivity index (χ1n) is 7.50. The van der Waals surface area contributed by atoms with Gasteiger partial charge in [-0.15, -0.1) is 0 Å². The standard InChI is InChI=1S/C17H26ClNO3/c1-16(2,12-20)9-6-10-19-15(21)17(3,4)22-14-8-5-7-13(18)11-14/h5,7-8,11,20H,6,9-10,12H2,1-4H3,(H,19,21). The van der Waals surface area contributed by atoms with Gasteiger partial charge in [0.1, 0.15) is 5.75 Å². The maximum absolute atomic E-state index is 12.2. The van der Waals surface area contributed by atoms with Crippen LogP contribution in [-0.2, 0) is 4.79 Å². The molecule has 0 saturated heterocycles. The summed E-state index contributed by atoms with van der Waals surface area (Å²) in [6.45, 7) is 8.15. The lowest BCUT2D eigenvalue weighted by Gasteiger charge is -2.26.